The van der Waals surface area contributed by atoms with E-state index < -0.39 is 5.91 Å². The molecule has 174 valence electrons. The average Bonchev–Trinajstić information content (AvgIpc) is 3.30. The van der Waals surface area contributed by atoms with Crippen LogP contribution in [-0.4, -0.2) is 41.1 Å². The van der Waals surface area contributed by atoms with Crippen LogP contribution in [0.3, 0.4) is 0 Å². The second-order valence-corrected chi connectivity index (χ2v) is 9.06. The molecule has 0 radical (unpaired) electrons. The Bertz CT molecular complexity index is 1250. The van der Waals surface area contributed by atoms with Crippen LogP contribution in [0, 0.1) is 24.2 Å². The zero-order valence-corrected chi connectivity index (χ0v) is 19.7. The molecule has 2 aromatic heterocycles. The lowest BCUT2D eigenvalue weighted by atomic mass is 9.97. The molecule has 0 saturated carbocycles. The molecule has 3 aromatic rings. The van der Waals surface area contributed by atoms with Gasteiger partial charge in [-0.25, -0.2) is 4.98 Å². The van der Waals surface area contributed by atoms with Gasteiger partial charge >= 0.3 is 5.97 Å². The summed E-state index contributed by atoms with van der Waals surface area (Å²) in [6.07, 6.45) is 4.67. The zero-order valence-electron chi connectivity index (χ0n) is 18.9. The third-order valence-electron chi connectivity index (χ3n) is 5.72. The van der Waals surface area contributed by atoms with Crippen molar-refractivity contribution in [3.8, 4) is 6.07 Å². The number of rotatable bonds is 6. The van der Waals surface area contributed by atoms with Crippen LogP contribution < -0.4 is 9.70 Å². The number of hydrogen-bond acceptors (Lipinski definition) is 7. The van der Waals surface area contributed by atoms with Crippen molar-refractivity contribution in [1.82, 2.24) is 9.55 Å². The van der Waals surface area contributed by atoms with Gasteiger partial charge in [0.05, 0.1) is 11.5 Å². The summed E-state index contributed by atoms with van der Waals surface area (Å²) in [4.78, 5) is 35.9. The van der Waals surface area contributed by atoms with Crippen molar-refractivity contribution >= 4 is 29.0 Å². The van der Waals surface area contributed by atoms with Gasteiger partial charge in [-0.05, 0) is 37.5 Å². The van der Waals surface area contributed by atoms with Crippen molar-refractivity contribution in [3.05, 3.63) is 75.7 Å². The Kier molecular flexibility index (Phi) is 7.50. The second-order valence-electron chi connectivity index (χ2n) is 8.19. The van der Waals surface area contributed by atoms with E-state index in [0.29, 0.717) is 42.8 Å². The fourth-order valence-electron chi connectivity index (χ4n) is 3.77. The number of aromatic nitrogens is 2. The largest absolute Gasteiger partial charge is 0.455 e. The smallest absolute Gasteiger partial charge is 0.309 e. The van der Waals surface area contributed by atoms with E-state index in [9.17, 15) is 9.59 Å². The molecule has 0 aliphatic carbocycles. The van der Waals surface area contributed by atoms with Gasteiger partial charge in [-0.1, -0.05) is 29.8 Å². The van der Waals surface area contributed by atoms with Crippen LogP contribution in [0.1, 0.15) is 29.5 Å². The number of piperidine rings is 1. The summed E-state index contributed by atoms with van der Waals surface area (Å²) in [7, 11) is 0. The van der Waals surface area contributed by atoms with Crippen LogP contribution in [0.2, 0.25) is 0 Å². The molecule has 1 fully saturated rings. The van der Waals surface area contributed by atoms with E-state index in [0.717, 1.165) is 11.4 Å². The Labute approximate surface area is 201 Å². The summed E-state index contributed by atoms with van der Waals surface area (Å²) in [6, 6.07) is 13.8. The topological polar surface area (TPSA) is 101 Å². The molecule has 9 heteroatoms. The van der Waals surface area contributed by atoms with E-state index in [2.05, 4.69) is 45.2 Å². The molecular weight excluding hydrogens is 450 g/mol. The number of carbonyl (C=O) groups excluding carboxylic acids is 2. The highest BCUT2D eigenvalue weighted by Gasteiger charge is 2.27. The minimum Gasteiger partial charge on any atom is -0.455 e. The van der Waals surface area contributed by atoms with Crippen LogP contribution in [-0.2, 0) is 20.9 Å². The van der Waals surface area contributed by atoms with E-state index in [1.165, 1.54) is 16.9 Å². The quantitative estimate of drug-likeness (QED) is 0.508. The van der Waals surface area contributed by atoms with E-state index in [1.807, 2.05) is 29.1 Å². The molecule has 8 nitrogen and oxygen atoms in total. The SMILES string of the molecule is Cc1ccc(Cn2ccsc2=NC(=O)COC(=O)C2CCN(c3ccc(C#N)cn3)CC2)cc1. The summed E-state index contributed by atoms with van der Waals surface area (Å²) >= 11 is 1.37. The lowest BCUT2D eigenvalue weighted by molar-refractivity contribution is -0.152. The van der Waals surface area contributed by atoms with Gasteiger partial charge in [0.2, 0.25) is 0 Å². The Balaban J connectivity index is 1.27. The molecule has 34 heavy (non-hydrogen) atoms. The standard InChI is InChI=1S/C25H25N5O3S/c1-18-2-4-19(5-3-18)16-30-12-13-34-25(30)28-23(31)17-33-24(32)21-8-10-29(11-9-21)22-7-6-20(14-26)15-27-22/h2-7,12-13,15,21H,8-11,16-17H2,1H3. The monoisotopic (exact) mass is 475 g/mol. The number of thiazole rings is 1. The molecule has 0 atom stereocenters. The predicted octanol–water partition coefficient (Wildman–Crippen LogP) is 3.06. The lowest BCUT2D eigenvalue weighted by Gasteiger charge is -2.31. The number of benzene rings is 1. The molecule has 1 aliphatic rings. The molecule has 1 aliphatic heterocycles. The van der Waals surface area contributed by atoms with Gasteiger partial charge in [0.15, 0.2) is 11.4 Å². The van der Waals surface area contributed by atoms with Crippen LogP contribution in [0.15, 0.2) is 59.2 Å². The first-order chi connectivity index (χ1) is 16.5. The Morgan fingerprint density at radius 3 is 2.65 bits per heavy atom. The van der Waals surface area contributed by atoms with Crippen LogP contribution in [0.5, 0.6) is 0 Å². The first-order valence-electron chi connectivity index (χ1n) is 11.1. The highest BCUT2D eigenvalue weighted by Crippen LogP contribution is 2.23. The number of pyridine rings is 1. The lowest BCUT2D eigenvalue weighted by Crippen LogP contribution is -2.37. The predicted molar refractivity (Wildman–Crippen MR) is 128 cm³/mol. The Morgan fingerprint density at radius 1 is 1.21 bits per heavy atom. The normalized spacial score (nSPS) is 14.6. The Hall–Kier alpha value is -3.77. The minimum absolute atomic E-state index is 0.254. The molecule has 1 amide bonds. The van der Waals surface area contributed by atoms with Gasteiger partial charge in [0.1, 0.15) is 11.9 Å². The first kappa shape index (κ1) is 23.4. The fourth-order valence-corrected chi connectivity index (χ4v) is 4.52. The van der Waals surface area contributed by atoms with E-state index in [4.69, 9.17) is 10.00 Å². The number of nitriles is 1. The molecule has 0 spiro atoms. The number of amides is 1. The van der Waals surface area contributed by atoms with Crippen molar-refractivity contribution in [2.24, 2.45) is 10.9 Å². The van der Waals surface area contributed by atoms with Gasteiger partial charge in [0, 0.05) is 37.4 Å². The number of hydrogen-bond donors (Lipinski definition) is 0. The van der Waals surface area contributed by atoms with Crippen LogP contribution in [0.4, 0.5) is 5.82 Å². The van der Waals surface area contributed by atoms with Crippen molar-refractivity contribution in [3.63, 3.8) is 0 Å². The van der Waals surface area contributed by atoms with E-state index in [1.54, 1.807) is 12.3 Å². The van der Waals surface area contributed by atoms with Crippen molar-refractivity contribution in [2.75, 3.05) is 24.6 Å². The molecule has 0 unspecified atom stereocenters. The minimum atomic E-state index is -0.479. The molecule has 0 N–H and O–H groups in total. The first-order valence-corrected chi connectivity index (χ1v) is 11.9. The van der Waals surface area contributed by atoms with Crippen molar-refractivity contribution in [2.45, 2.75) is 26.3 Å². The van der Waals surface area contributed by atoms with Gasteiger partial charge in [0.25, 0.3) is 5.91 Å². The number of nitrogens with zero attached hydrogens (tertiary/aromatic N) is 5. The zero-order chi connectivity index (χ0) is 23.9. The summed E-state index contributed by atoms with van der Waals surface area (Å²) in [5.74, 6) is -0.312. The fraction of sp³-hybridized carbons (Fsp3) is 0.320. The highest BCUT2D eigenvalue weighted by molar-refractivity contribution is 7.07. The summed E-state index contributed by atoms with van der Waals surface area (Å²) in [5, 5.41) is 10.8. The molecule has 3 heterocycles. The number of ether oxygens (including phenoxy) is 1. The van der Waals surface area contributed by atoms with E-state index in [-0.39, 0.29) is 18.5 Å². The van der Waals surface area contributed by atoms with Gasteiger partial charge in [-0.3, -0.25) is 9.59 Å². The number of aryl methyl sites for hydroxylation is 1. The number of anilines is 1. The molecule has 1 aromatic carbocycles. The number of carbonyl (C=O) groups is 2. The maximum atomic E-state index is 12.5. The third-order valence-corrected chi connectivity index (χ3v) is 6.52. The maximum Gasteiger partial charge on any atom is 0.309 e. The third kappa shape index (κ3) is 5.97. The summed E-state index contributed by atoms with van der Waals surface area (Å²) in [5.41, 5.74) is 2.82. The molecule has 0 bridgehead atoms. The van der Waals surface area contributed by atoms with Gasteiger partial charge in [-0.15, -0.1) is 11.3 Å². The maximum absolute atomic E-state index is 12.5. The molecular formula is C25H25N5O3S. The van der Waals surface area contributed by atoms with Crippen LogP contribution >= 0.6 is 11.3 Å². The molecule has 1 saturated heterocycles. The summed E-state index contributed by atoms with van der Waals surface area (Å²) in [6.45, 7) is 3.61. The van der Waals surface area contributed by atoms with Gasteiger partial charge < -0.3 is 14.2 Å². The van der Waals surface area contributed by atoms with Crippen LogP contribution in [0.25, 0.3) is 0 Å². The highest BCUT2D eigenvalue weighted by atomic mass is 32.1. The van der Waals surface area contributed by atoms with Crippen molar-refractivity contribution < 1.29 is 14.3 Å². The molecule has 4 rings (SSSR count). The Morgan fingerprint density at radius 2 is 1.97 bits per heavy atom. The van der Waals surface area contributed by atoms with Gasteiger partial charge in [-0.2, -0.15) is 10.3 Å². The average molecular weight is 476 g/mol. The second kappa shape index (κ2) is 10.9. The summed E-state index contributed by atoms with van der Waals surface area (Å²) < 4.78 is 7.18. The number of esters is 1. The van der Waals surface area contributed by atoms with E-state index >= 15 is 0 Å². The van der Waals surface area contributed by atoms with Crippen molar-refractivity contribution in [1.29, 1.82) is 5.26 Å².